The number of nitrogens with zero attached hydrogens (tertiary/aromatic N) is 2. The van der Waals surface area contributed by atoms with Crippen LogP contribution in [0, 0.1) is 0 Å². The lowest BCUT2D eigenvalue weighted by Crippen LogP contribution is -2.51. The van der Waals surface area contributed by atoms with Gasteiger partial charge in [-0.2, -0.15) is 0 Å². The summed E-state index contributed by atoms with van der Waals surface area (Å²) in [5.74, 6) is 0.160. The van der Waals surface area contributed by atoms with Gasteiger partial charge >= 0.3 is 0 Å². The maximum absolute atomic E-state index is 12.3. The van der Waals surface area contributed by atoms with E-state index in [1.54, 1.807) is 0 Å². The van der Waals surface area contributed by atoms with Crippen molar-refractivity contribution in [3.8, 4) is 0 Å². The molecule has 0 saturated carbocycles. The van der Waals surface area contributed by atoms with E-state index in [4.69, 9.17) is 4.74 Å². The van der Waals surface area contributed by atoms with Crippen LogP contribution in [0.5, 0.6) is 0 Å². The van der Waals surface area contributed by atoms with Crippen LogP contribution in [-0.2, 0) is 14.3 Å². The second-order valence-electron chi connectivity index (χ2n) is 6.33. The summed E-state index contributed by atoms with van der Waals surface area (Å²) >= 11 is 0. The molecule has 0 bridgehead atoms. The molecule has 24 heavy (non-hydrogen) atoms. The van der Waals surface area contributed by atoms with Crippen molar-refractivity contribution in [1.82, 2.24) is 9.80 Å². The molecule has 0 aromatic heterocycles. The normalized spacial score (nSPS) is 21.7. The Morgan fingerprint density at radius 1 is 1.12 bits per heavy atom. The minimum absolute atomic E-state index is 0.0269. The maximum Gasteiger partial charge on any atom is 0.251 e. The second-order valence-corrected chi connectivity index (χ2v) is 6.33. The SMILES string of the molecule is O=C(CCN1CCN(C(=O)C2CCCO2)CC1)Nc1ccccc1. The van der Waals surface area contributed by atoms with Gasteiger partial charge in [0.05, 0.1) is 0 Å². The highest BCUT2D eigenvalue weighted by Crippen LogP contribution is 2.16. The number of ether oxygens (including phenoxy) is 1. The third kappa shape index (κ3) is 4.55. The minimum Gasteiger partial charge on any atom is -0.368 e. The van der Waals surface area contributed by atoms with E-state index in [1.807, 2.05) is 35.2 Å². The van der Waals surface area contributed by atoms with Crippen molar-refractivity contribution in [2.75, 3.05) is 44.6 Å². The fourth-order valence-corrected chi connectivity index (χ4v) is 3.17. The minimum atomic E-state index is -0.229. The van der Waals surface area contributed by atoms with E-state index < -0.39 is 0 Å². The number of piperazine rings is 1. The summed E-state index contributed by atoms with van der Waals surface area (Å²) in [5, 5.41) is 2.90. The van der Waals surface area contributed by atoms with Crippen molar-refractivity contribution in [3.63, 3.8) is 0 Å². The molecule has 1 aromatic carbocycles. The van der Waals surface area contributed by atoms with Gasteiger partial charge in [-0.3, -0.25) is 14.5 Å². The van der Waals surface area contributed by atoms with Crippen LogP contribution in [0.1, 0.15) is 19.3 Å². The topological polar surface area (TPSA) is 61.9 Å². The summed E-state index contributed by atoms with van der Waals surface area (Å²) in [6.07, 6.45) is 2.06. The first-order valence-electron chi connectivity index (χ1n) is 8.70. The highest BCUT2D eigenvalue weighted by molar-refractivity contribution is 5.90. The van der Waals surface area contributed by atoms with Crippen molar-refractivity contribution >= 4 is 17.5 Å². The number of para-hydroxylation sites is 1. The van der Waals surface area contributed by atoms with Gasteiger partial charge in [-0.05, 0) is 25.0 Å². The van der Waals surface area contributed by atoms with Gasteiger partial charge in [-0.1, -0.05) is 18.2 Å². The summed E-state index contributed by atoms with van der Waals surface area (Å²) < 4.78 is 5.47. The zero-order valence-corrected chi connectivity index (χ0v) is 13.9. The molecule has 130 valence electrons. The Morgan fingerprint density at radius 2 is 1.88 bits per heavy atom. The van der Waals surface area contributed by atoms with Gasteiger partial charge in [-0.15, -0.1) is 0 Å². The zero-order valence-electron chi connectivity index (χ0n) is 13.9. The Balaban J connectivity index is 1.36. The molecular weight excluding hydrogens is 306 g/mol. The molecule has 2 heterocycles. The molecule has 0 radical (unpaired) electrons. The molecule has 1 atom stereocenters. The molecule has 2 saturated heterocycles. The Bertz CT molecular complexity index is 550. The van der Waals surface area contributed by atoms with Gasteiger partial charge in [0.1, 0.15) is 6.10 Å². The molecule has 1 unspecified atom stereocenters. The van der Waals surface area contributed by atoms with Gasteiger partial charge in [0, 0.05) is 51.4 Å². The largest absolute Gasteiger partial charge is 0.368 e. The van der Waals surface area contributed by atoms with Crippen LogP contribution in [0.4, 0.5) is 5.69 Å². The Kier molecular flexibility index (Phi) is 5.82. The average molecular weight is 331 g/mol. The van der Waals surface area contributed by atoms with Crippen molar-refractivity contribution in [3.05, 3.63) is 30.3 Å². The lowest BCUT2D eigenvalue weighted by Gasteiger charge is -2.35. The third-order valence-electron chi connectivity index (χ3n) is 4.60. The van der Waals surface area contributed by atoms with Crippen molar-refractivity contribution in [2.45, 2.75) is 25.4 Å². The second kappa shape index (κ2) is 8.26. The number of carbonyl (C=O) groups is 2. The molecule has 1 aromatic rings. The molecule has 3 rings (SSSR count). The van der Waals surface area contributed by atoms with E-state index in [9.17, 15) is 9.59 Å². The highest BCUT2D eigenvalue weighted by Gasteiger charge is 2.30. The van der Waals surface area contributed by atoms with Crippen molar-refractivity contribution in [1.29, 1.82) is 0 Å². The maximum atomic E-state index is 12.3. The first kappa shape index (κ1) is 16.9. The number of carbonyl (C=O) groups excluding carboxylic acids is 2. The predicted octanol–water partition coefficient (Wildman–Crippen LogP) is 1.34. The van der Waals surface area contributed by atoms with Crippen LogP contribution in [0.15, 0.2) is 30.3 Å². The van der Waals surface area contributed by atoms with Gasteiger partial charge in [0.25, 0.3) is 5.91 Å². The van der Waals surface area contributed by atoms with Gasteiger partial charge in [-0.25, -0.2) is 0 Å². The highest BCUT2D eigenvalue weighted by atomic mass is 16.5. The van der Waals surface area contributed by atoms with E-state index in [0.717, 1.165) is 51.3 Å². The predicted molar refractivity (Wildman–Crippen MR) is 91.7 cm³/mol. The third-order valence-corrected chi connectivity index (χ3v) is 4.60. The zero-order chi connectivity index (χ0) is 16.8. The van der Waals surface area contributed by atoms with Crippen LogP contribution in [0.2, 0.25) is 0 Å². The van der Waals surface area contributed by atoms with Crippen molar-refractivity contribution in [2.24, 2.45) is 0 Å². The summed E-state index contributed by atoms with van der Waals surface area (Å²) in [6, 6.07) is 9.49. The molecule has 6 heteroatoms. The molecule has 6 nitrogen and oxygen atoms in total. The molecular formula is C18H25N3O3. The number of benzene rings is 1. The van der Waals surface area contributed by atoms with Gasteiger partial charge in [0.2, 0.25) is 5.91 Å². The monoisotopic (exact) mass is 331 g/mol. The number of hydrogen-bond donors (Lipinski definition) is 1. The lowest BCUT2D eigenvalue weighted by molar-refractivity contribution is -0.142. The summed E-state index contributed by atoms with van der Waals surface area (Å²) in [5.41, 5.74) is 0.828. The number of hydrogen-bond acceptors (Lipinski definition) is 4. The first-order valence-corrected chi connectivity index (χ1v) is 8.70. The molecule has 0 aliphatic carbocycles. The van der Waals surface area contributed by atoms with Gasteiger partial charge < -0.3 is 15.0 Å². The standard InChI is InChI=1S/C18H25N3O3/c22-17(19-15-5-2-1-3-6-15)8-9-20-10-12-21(13-11-20)18(23)16-7-4-14-24-16/h1-3,5-6,16H,4,7-14H2,(H,19,22). The number of rotatable bonds is 5. The molecule has 2 aliphatic rings. The average Bonchev–Trinajstić information content (AvgIpc) is 3.15. The van der Waals surface area contributed by atoms with E-state index in [2.05, 4.69) is 10.2 Å². The number of nitrogens with one attached hydrogen (secondary N) is 1. The van der Waals surface area contributed by atoms with Crippen LogP contribution >= 0.6 is 0 Å². The fourth-order valence-electron chi connectivity index (χ4n) is 3.17. The van der Waals surface area contributed by atoms with E-state index in [1.165, 1.54) is 0 Å². The summed E-state index contributed by atoms with van der Waals surface area (Å²) in [4.78, 5) is 28.4. The van der Waals surface area contributed by atoms with E-state index in [0.29, 0.717) is 13.0 Å². The lowest BCUT2D eigenvalue weighted by atomic mass is 10.2. The fraction of sp³-hybridized carbons (Fsp3) is 0.556. The molecule has 0 spiro atoms. The Hall–Kier alpha value is -1.92. The van der Waals surface area contributed by atoms with Crippen LogP contribution in [0.25, 0.3) is 0 Å². The summed E-state index contributed by atoms with van der Waals surface area (Å²) in [6.45, 7) is 4.50. The first-order chi connectivity index (χ1) is 11.7. The van der Waals surface area contributed by atoms with Crippen molar-refractivity contribution < 1.29 is 14.3 Å². The van der Waals surface area contributed by atoms with Gasteiger partial charge in [0.15, 0.2) is 0 Å². The van der Waals surface area contributed by atoms with E-state index in [-0.39, 0.29) is 17.9 Å². The quantitative estimate of drug-likeness (QED) is 0.884. The molecule has 1 N–H and O–H groups in total. The smallest absolute Gasteiger partial charge is 0.251 e. The summed E-state index contributed by atoms with van der Waals surface area (Å²) in [7, 11) is 0. The van der Waals surface area contributed by atoms with Crippen LogP contribution in [0.3, 0.4) is 0 Å². The molecule has 2 amide bonds. The number of anilines is 1. The number of amides is 2. The Labute approximate surface area is 142 Å². The Morgan fingerprint density at radius 3 is 2.54 bits per heavy atom. The molecule has 2 aliphatic heterocycles. The molecule has 2 fully saturated rings. The van der Waals surface area contributed by atoms with Crippen LogP contribution in [-0.4, -0.2) is 67.0 Å². The van der Waals surface area contributed by atoms with E-state index >= 15 is 0 Å². The van der Waals surface area contributed by atoms with Crippen LogP contribution < -0.4 is 5.32 Å².